The molecule has 18 heteroatoms. The Bertz CT molecular complexity index is 1900. The summed E-state index contributed by atoms with van der Waals surface area (Å²) in [5.41, 5.74) is 2.64. The van der Waals surface area contributed by atoms with Crippen LogP contribution >= 0.6 is 21.6 Å². The third-order valence-electron chi connectivity index (χ3n) is 8.72. The maximum Gasteiger partial charge on any atom is 0.408 e. The number of esters is 2. The Morgan fingerprint density at radius 2 is 0.823 bits per heavy atom. The lowest BCUT2D eigenvalue weighted by molar-refractivity contribution is -0.148. The maximum atomic E-state index is 13.8. The number of hydrogen-bond acceptors (Lipinski definition) is 14. The summed E-state index contributed by atoms with van der Waals surface area (Å²) in [6.07, 6.45) is -1.80. The maximum absolute atomic E-state index is 13.8. The lowest BCUT2D eigenvalue weighted by atomic mass is 10.1. The molecule has 0 unspecified atom stereocenters. The van der Waals surface area contributed by atoms with Crippen LogP contribution in [0.1, 0.15) is 36.1 Å². The molecule has 0 aliphatic carbocycles. The molecule has 0 heterocycles. The van der Waals surface area contributed by atoms with E-state index >= 15 is 0 Å². The Morgan fingerprint density at radius 1 is 0.468 bits per heavy atom. The van der Waals surface area contributed by atoms with Crippen LogP contribution in [-0.2, 0) is 64.2 Å². The quantitative estimate of drug-likeness (QED) is 0.0251. The second-order valence-electron chi connectivity index (χ2n) is 13.5. The smallest absolute Gasteiger partial charge is 0.408 e. The summed E-state index contributed by atoms with van der Waals surface area (Å²) in [5.74, 6) is -3.09. The van der Waals surface area contributed by atoms with Crippen molar-refractivity contribution in [3.8, 4) is 11.5 Å². The molecule has 0 aromatic heterocycles. The minimum Gasteiger partial charge on any atom is -0.508 e. The highest BCUT2D eigenvalue weighted by Crippen LogP contribution is 2.24. The number of phenolic OH excluding ortho intramolecular Hbond substituents is 2. The van der Waals surface area contributed by atoms with Crippen molar-refractivity contribution in [1.29, 1.82) is 0 Å². The Kier molecular flexibility index (Phi) is 20.3. The van der Waals surface area contributed by atoms with Gasteiger partial charge in [0.05, 0.1) is 13.2 Å². The van der Waals surface area contributed by atoms with Gasteiger partial charge in [0.25, 0.3) is 0 Å². The van der Waals surface area contributed by atoms with Gasteiger partial charge < -0.3 is 50.4 Å². The first-order chi connectivity index (χ1) is 29.9. The molecule has 0 radical (unpaired) electrons. The van der Waals surface area contributed by atoms with Crippen molar-refractivity contribution in [2.45, 2.75) is 64.1 Å². The number of rotatable bonds is 23. The van der Waals surface area contributed by atoms with Crippen molar-refractivity contribution in [1.82, 2.24) is 21.3 Å². The van der Waals surface area contributed by atoms with Crippen LogP contribution in [-0.4, -0.2) is 95.0 Å². The highest BCUT2D eigenvalue weighted by atomic mass is 33.1. The monoisotopic (exact) mass is 890 g/mol. The molecule has 0 bridgehead atoms. The summed E-state index contributed by atoms with van der Waals surface area (Å²) in [4.78, 5) is 79.8. The number of nitrogens with one attached hydrogen (secondary N) is 4. The number of alkyl carbamates (subject to hydrolysis) is 2. The molecule has 0 fully saturated rings. The van der Waals surface area contributed by atoms with E-state index in [0.29, 0.717) is 22.3 Å². The number of hydrogen-bond donors (Lipinski definition) is 6. The molecule has 4 aromatic rings. The van der Waals surface area contributed by atoms with Crippen LogP contribution in [0.15, 0.2) is 109 Å². The van der Waals surface area contributed by atoms with Crippen LogP contribution in [0, 0.1) is 0 Å². The van der Waals surface area contributed by atoms with E-state index in [0.717, 1.165) is 21.6 Å². The molecule has 0 aliphatic heterocycles. The Balaban J connectivity index is 1.49. The molecule has 4 rings (SSSR count). The van der Waals surface area contributed by atoms with E-state index in [1.165, 1.54) is 24.3 Å². The zero-order valence-electron chi connectivity index (χ0n) is 34.2. The third kappa shape index (κ3) is 17.3. The van der Waals surface area contributed by atoms with Gasteiger partial charge in [-0.1, -0.05) is 107 Å². The summed E-state index contributed by atoms with van der Waals surface area (Å²) in [6.45, 7) is 3.16. The number of amides is 4. The summed E-state index contributed by atoms with van der Waals surface area (Å²) in [5, 5.41) is 29.9. The topological polar surface area (TPSA) is 228 Å². The van der Waals surface area contributed by atoms with Gasteiger partial charge in [0.2, 0.25) is 11.8 Å². The van der Waals surface area contributed by atoms with Gasteiger partial charge in [-0.15, -0.1) is 0 Å². The highest BCUT2D eigenvalue weighted by Gasteiger charge is 2.31. The Labute approximate surface area is 367 Å². The van der Waals surface area contributed by atoms with Gasteiger partial charge in [0.1, 0.15) is 48.9 Å². The van der Waals surface area contributed by atoms with E-state index in [2.05, 4.69) is 21.3 Å². The van der Waals surface area contributed by atoms with E-state index in [1.54, 1.807) is 86.6 Å². The minimum atomic E-state index is -1.28. The number of carbonyl (C=O) groups excluding carboxylic acids is 6. The lowest BCUT2D eigenvalue weighted by Crippen LogP contribution is -2.54. The van der Waals surface area contributed by atoms with E-state index < -0.39 is 60.1 Å². The number of benzene rings is 4. The standard InChI is InChI=1S/C44H50N4O12S2/c1-3-57-41(53)35(23-29-15-19-33(49)20-16-29)45-39(51)37(47-43(55)59-25-31-11-7-5-8-12-31)27-61-62-28-38(48-44(56)60-26-32-13-9-6-10-14-32)40(52)46-36(42(54)58-4-2)24-30-17-21-34(50)22-18-30/h5-22,35-38,49-50H,3-4,23-28H2,1-2H3,(H,45,51)(H,46,52)(H,47,55)(H,48,56)/t35-,36-,37-,38-/m0/s1. The van der Waals surface area contributed by atoms with Crippen molar-refractivity contribution in [3.63, 3.8) is 0 Å². The molecule has 4 atom stereocenters. The number of carbonyl (C=O) groups is 6. The highest BCUT2D eigenvalue weighted by molar-refractivity contribution is 8.76. The first kappa shape index (κ1) is 48.3. The minimum absolute atomic E-state index is 0.0142. The molecule has 0 spiro atoms. The molecule has 62 heavy (non-hydrogen) atoms. The normalized spacial score (nSPS) is 12.6. The second kappa shape index (κ2) is 26.0. The van der Waals surface area contributed by atoms with Crippen LogP contribution in [0.5, 0.6) is 11.5 Å². The zero-order valence-corrected chi connectivity index (χ0v) is 35.8. The molecule has 0 saturated heterocycles. The molecule has 16 nitrogen and oxygen atoms in total. The van der Waals surface area contributed by atoms with Crippen molar-refractivity contribution in [2.24, 2.45) is 0 Å². The predicted molar refractivity (Wildman–Crippen MR) is 233 cm³/mol. The average Bonchev–Trinajstić information content (AvgIpc) is 3.27. The first-order valence-corrected chi connectivity index (χ1v) is 22.1. The summed E-state index contributed by atoms with van der Waals surface area (Å²) < 4.78 is 21.2. The van der Waals surface area contributed by atoms with Gasteiger partial charge in [-0.2, -0.15) is 0 Å². The fourth-order valence-corrected chi connectivity index (χ4v) is 7.89. The number of ether oxygens (including phenoxy) is 4. The molecule has 0 saturated carbocycles. The third-order valence-corrected chi connectivity index (χ3v) is 11.1. The molecular formula is C44H50N4O12S2. The predicted octanol–water partition coefficient (Wildman–Crippen LogP) is 4.95. The van der Waals surface area contributed by atoms with E-state index in [4.69, 9.17) is 18.9 Å². The van der Waals surface area contributed by atoms with Crippen LogP contribution < -0.4 is 21.3 Å². The molecular weight excluding hydrogens is 841 g/mol. The van der Waals surface area contributed by atoms with Crippen molar-refractivity contribution in [2.75, 3.05) is 24.7 Å². The van der Waals surface area contributed by atoms with Gasteiger partial charge in [-0.3, -0.25) is 9.59 Å². The lowest BCUT2D eigenvalue weighted by Gasteiger charge is -2.23. The van der Waals surface area contributed by atoms with Crippen molar-refractivity contribution >= 4 is 57.5 Å². The average molecular weight is 891 g/mol. The molecule has 4 aromatic carbocycles. The van der Waals surface area contributed by atoms with Crippen molar-refractivity contribution in [3.05, 3.63) is 131 Å². The molecule has 6 N–H and O–H groups in total. The summed E-state index contributed by atoms with van der Waals surface area (Å²) >= 11 is 0. The zero-order chi connectivity index (χ0) is 44.7. The van der Waals surface area contributed by atoms with Gasteiger partial charge >= 0.3 is 24.1 Å². The SMILES string of the molecule is CCOC(=O)[C@H](Cc1ccc(O)cc1)NC(=O)[C@H](CSSC[C@H](NC(=O)OCc1ccccc1)C(=O)N[C@@H](Cc1ccc(O)cc1)C(=O)OCC)NC(=O)OCc1ccccc1. The number of aromatic hydroxyl groups is 2. The fourth-order valence-electron chi connectivity index (χ4n) is 5.56. The van der Waals surface area contributed by atoms with Gasteiger partial charge in [-0.25, -0.2) is 19.2 Å². The van der Waals surface area contributed by atoms with Crippen LogP contribution in [0.25, 0.3) is 0 Å². The van der Waals surface area contributed by atoms with Crippen LogP contribution in [0.4, 0.5) is 9.59 Å². The first-order valence-electron chi connectivity index (χ1n) is 19.6. The number of phenols is 2. The van der Waals surface area contributed by atoms with Gasteiger partial charge in [0, 0.05) is 24.3 Å². The molecule has 330 valence electrons. The fraction of sp³-hybridized carbons (Fsp3) is 0.318. The molecule has 0 aliphatic rings. The van der Waals surface area contributed by atoms with Crippen LogP contribution in [0.2, 0.25) is 0 Å². The van der Waals surface area contributed by atoms with E-state index in [9.17, 15) is 39.0 Å². The van der Waals surface area contributed by atoms with Gasteiger partial charge in [-0.05, 0) is 60.4 Å². The second-order valence-corrected chi connectivity index (χ2v) is 16.0. The summed E-state index contributed by atoms with van der Waals surface area (Å²) in [7, 11) is 2.14. The van der Waals surface area contributed by atoms with Gasteiger partial charge in [0.15, 0.2) is 0 Å². The van der Waals surface area contributed by atoms with Crippen molar-refractivity contribution < 1.29 is 57.9 Å². The van der Waals surface area contributed by atoms with Crippen LogP contribution in [0.3, 0.4) is 0 Å². The van der Waals surface area contributed by atoms with E-state index in [-0.39, 0.29) is 62.3 Å². The Hall–Kier alpha value is -6.40. The summed E-state index contributed by atoms with van der Waals surface area (Å²) in [6, 6.07) is 25.1. The van der Waals surface area contributed by atoms with E-state index in [1.807, 2.05) is 12.1 Å². The Morgan fingerprint density at radius 3 is 1.16 bits per heavy atom. The largest absolute Gasteiger partial charge is 0.508 e. The molecule has 4 amide bonds.